The molecule has 0 spiro atoms. The molecule has 0 atom stereocenters. The lowest BCUT2D eigenvalue weighted by Gasteiger charge is -2.11. The van der Waals surface area contributed by atoms with Crippen LogP contribution >= 0.6 is 0 Å². The van der Waals surface area contributed by atoms with E-state index >= 15 is 0 Å². The number of benzene rings is 1. The van der Waals surface area contributed by atoms with Crippen molar-refractivity contribution >= 4 is 22.3 Å². The van der Waals surface area contributed by atoms with Crippen LogP contribution in [0.15, 0.2) is 42.9 Å². The normalized spacial score (nSPS) is 10.7. The van der Waals surface area contributed by atoms with Gasteiger partial charge in [-0.2, -0.15) is 0 Å². The molecule has 1 aromatic carbocycles. The molecule has 5 nitrogen and oxygen atoms in total. The highest BCUT2D eigenvalue weighted by Gasteiger charge is 2.05. The van der Waals surface area contributed by atoms with Gasteiger partial charge in [0.2, 0.25) is 0 Å². The molecule has 0 saturated heterocycles. The standard InChI is InChI=1S/C15H15N5/c1-10-7-19-11(8-18-10)9-20-14-5-4-13-12(15(14)16)3-2-6-17-13/h2-8,20H,9,16H2,1H3. The van der Waals surface area contributed by atoms with E-state index in [4.69, 9.17) is 5.73 Å². The second kappa shape index (κ2) is 5.13. The summed E-state index contributed by atoms with van der Waals surface area (Å²) in [5, 5.41) is 4.24. The third-order valence-electron chi connectivity index (χ3n) is 3.12. The van der Waals surface area contributed by atoms with E-state index in [1.807, 2.05) is 31.2 Å². The Kier molecular flexibility index (Phi) is 3.16. The maximum atomic E-state index is 6.17. The Labute approximate surface area is 116 Å². The van der Waals surface area contributed by atoms with E-state index in [1.165, 1.54) is 0 Å². The van der Waals surface area contributed by atoms with Gasteiger partial charge in [0.25, 0.3) is 0 Å². The minimum atomic E-state index is 0.587. The van der Waals surface area contributed by atoms with Gasteiger partial charge in [-0.15, -0.1) is 0 Å². The topological polar surface area (TPSA) is 76.7 Å². The summed E-state index contributed by atoms with van der Waals surface area (Å²) in [6, 6.07) is 7.74. The number of nitrogen functional groups attached to an aromatic ring is 1. The number of hydrogen-bond acceptors (Lipinski definition) is 5. The summed E-state index contributed by atoms with van der Waals surface area (Å²) in [5.74, 6) is 0. The number of nitrogens with two attached hydrogens (primary N) is 1. The highest BCUT2D eigenvalue weighted by molar-refractivity contribution is 5.96. The molecular weight excluding hydrogens is 250 g/mol. The largest absolute Gasteiger partial charge is 0.397 e. The minimum Gasteiger partial charge on any atom is -0.397 e. The highest BCUT2D eigenvalue weighted by atomic mass is 14.9. The Bertz CT molecular complexity index is 737. The van der Waals surface area contributed by atoms with Crippen molar-refractivity contribution in [2.45, 2.75) is 13.5 Å². The first-order valence-corrected chi connectivity index (χ1v) is 6.38. The molecule has 2 aromatic heterocycles. The van der Waals surface area contributed by atoms with Gasteiger partial charge >= 0.3 is 0 Å². The second-order valence-electron chi connectivity index (χ2n) is 4.60. The van der Waals surface area contributed by atoms with E-state index in [0.29, 0.717) is 12.2 Å². The molecule has 20 heavy (non-hydrogen) atoms. The molecule has 0 aliphatic carbocycles. The highest BCUT2D eigenvalue weighted by Crippen LogP contribution is 2.27. The molecule has 5 heteroatoms. The number of fused-ring (bicyclic) bond motifs is 1. The Hall–Kier alpha value is -2.69. The van der Waals surface area contributed by atoms with Crippen LogP contribution in [0.1, 0.15) is 11.4 Å². The Balaban J connectivity index is 1.84. The Morgan fingerprint density at radius 2 is 2.00 bits per heavy atom. The Morgan fingerprint density at radius 3 is 2.80 bits per heavy atom. The van der Waals surface area contributed by atoms with E-state index in [9.17, 15) is 0 Å². The lowest BCUT2D eigenvalue weighted by atomic mass is 10.1. The predicted octanol–water partition coefficient (Wildman–Crippen LogP) is 2.53. The maximum absolute atomic E-state index is 6.17. The zero-order valence-corrected chi connectivity index (χ0v) is 11.2. The summed E-state index contributed by atoms with van der Waals surface area (Å²) in [7, 11) is 0. The average Bonchev–Trinajstić information content (AvgIpc) is 2.49. The zero-order chi connectivity index (χ0) is 13.9. The van der Waals surface area contributed by atoms with Crippen LogP contribution in [0, 0.1) is 6.92 Å². The predicted molar refractivity (Wildman–Crippen MR) is 80.3 cm³/mol. The van der Waals surface area contributed by atoms with Gasteiger partial charge in [-0.3, -0.25) is 15.0 Å². The first-order valence-electron chi connectivity index (χ1n) is 6.38. The van der Waals surface area contributed by atoms with Gasteiger partial charge in [0.05, 0.1) is 41.0 Å². The molecule has 2 heterocycles. The lowest BCUT2D eigenvalue weighted by Crippen LogP contribution is -2.05. The molecule has 100 valence electrons. The number of rotatable bonds is 3. The number of aryl methyl sites for hydroxylation is 1. The van der Waals surface area contributed by atoms with E-state index in [-0.39, 0.29) is 0 Å². The second-order valence-corrected chi connectivity index (χ2v) is 4.60. The van der Waals surface area contributed by atoms with Crippen LogP contribution in [0.3, 0.4) is 0 Å². The summed E-state index contributed by atoms with van der Waals surface area (Å²) < 4.78 is 0. The summed E-state index contributed by atoms with van der Waals surface area (Å²) in [5.41, 5.74) is 10.4. The first-order chi connectivity index (χ1) is 9.74. The van der Waals surface area contributed by atoms with Crippen molar-refractivity contribution < 1.29 is 0 Å². The molecule has 3 rings (SSSR count). The van der Waals surface area contributed by atoms with Crippen molar-refractivity contribution in [2.75, 3.05) is 11.1 Å². The number of hydrogen-bond donors (Lipinski definition) is 2. The molecule has 0 aliphatic rings. The molecule has 0 bridgehead atoms. The third-order valence-corrected chi connectivity index (χ3v) is 3.12. The van der Waals surface area contributed by atoms with Crippen LogP contribution in [0.4, 0.5) is 11.4 Å². The molecule has 0 unspecified atom stereocenters. The fourth-order valence-corrected chi connectivity index (χ4v) is 2.03. The number of nitrogens with zero attached hydrogens (tertiary/aromatic N) is 3. The van der Waals surface area contributed by atoms with Crippen LogP contribution < -0.4 is 11.1 Å². The first kappa shape index (κ1) is 12.3. The molecule has 3 N–H and O–H groups in total. The van der Waals surface area contributed by atoms with Gasteiger partial charge in [-0.25, -0.2) is 0 Å². The van der Waals surface area contributed by atoms with Crippen molar-refractivity contribution in [3.63, 3.8) is 0 Å². The number of nitrogens with one attached hydrogen (secondary N) is 1. The maximum Gasteiger partial charge on any atom is 0.0777 e. The summed E-state index contributed by atoms with van der Waals surface area (Å²) in [6.07, 6.45) is 5.28. The monoisotopic (exact) mass is 265 g/mol. The van der Waals surface area contributed by atoms with Crippen LogP contribution in [-0.4, -0.2) is 15.0 Å². The SMILES string of the molecule is Cc1cnc(CNc2ccc3ncccc3c2N)cn1. The molecule has 0 saturated carbocycles. The molecule has 3 aromatic rings. The summed E-state index contributed by atoms with van der Waals surface area (Å²) >= 11 is 0. The van der Waals surface area contributed by atoms with Crippen molar-refractivity contribution in [3.05, 3.63) is 54.2 Å². The van der Waals surface area contributed by atoms with Gasteiger partial charge in [0, 0.05) is 17.8 Å². The van der Waals surface area contributed by atoms with Crippen molar-refractivity contribution in [1.29, 1.82) is 0 Å². The molecular formula is C15H15N5. The zero-order valence-electron chi connectivity index (χ0n) is 11.2. The van der Waals surface area contributed by atoms with Crippen molar-refractivity contribution in [3.8, 4) is 0 Å². The van der Waals surface area contributed by atoms with Crippen LogP contribution in [0.5, 0.6) is 0 Å². The van der Waals surface area contributed by atoms with Crippen LogP contribution in [0.25, 0.3) is 10.9 Å². The van der Waals surface area contributed by atoms with Gasteiger partial charge in [0.15, 0.2) is 0 Å². The van der Waals surface area contributed by atoms with E-state index in [1.54, 1.807) is 18.6 Å². The van der Waals surface area contributed by atoms with Gasteiger partial charge in [-0.05, 0) is 31.2 Å². The van der Waals surface area contributed by atoms with Crippen LogP contribution in [0.2, 0.25) is 0 Å². The van der Waals surface area contributed by atoms with Crippen LogP contribution in [-0.2, 0) is 6.54 Å². The third kappa shape index (κ3) is 2.38. The molecule has 0 amide bonds. The quantitative estimate of drug-likeness (QED) is 0.712. The molecule has 0 aliphatic heterocycles. The van der Waals surface area contributed by atoms with E-state index in [2.05, 4.69) is 20.3 Å². The van der Waals surface area contributed by atoms with Gasteiger partial charge < -0.3 is 11.1 Å². The number of pyridine rings is 1. The molecule has 0 fully saturated rings. The average molecular weight is 265 g/mol. The number of aromatic nitrogens is 3. The lowest BCUT2D eigenvalue weighted by molar-refractivity contribution is 0.985. The van der Waals surface area contributed by atoms with Gasteiger partial charge in [0.1, 0.15) is 0 Å². The summed E-state index contributed by atoms with van der Waals surface area (Å²) in [6.45, 7) is 2.50. The molecule has 0 radical (unpaired) electrons. The fraction of sp³-hybridized carbons (Fsp3) is 0.133. The van der Waals surface area contributed by atoms with Crippen molar-refractivity contribution in [1.82, 2.24) is 15.0 Å². The summed E-state index contributed by atoms with van der Waals surface area (Å²) in [4.78, 5) is 12.8. The fourth-order valence-electron chi connectivity index (χ4n) is 2.03. The van der Waals surface area contributed by atoms with E-state index < -0.39 is 0 Å². The Morgan fingerprint density at radius 1 is 1.10 bits per heavy atom. The smallest absolute Gasteiger partial charge is 0.0777 e. The van der Waals surface area contributed by atoms with Crippen molar-refractivity contribution in [2.24, 2.45) is 0 Å². The van der Waals surface area contributed by atoms with E-state index in [0.717, 1.165) is 28.0 Å². The minimum absolute atomic E-state index is 0.587. The van der Waals surface area contributed by atoms with Gasteiger partial charge in [-0.1, -0.05) is 0 Å². The number of anilines is 2.